The zero-order valence-electron chi connectivity index (χ0n) is 21.2. The maximum atomic E-state index is 13.3. The summed E-state index contributed by atoms with van der Waals surface area (Å²) in [5.74, 6) is -1.08. The Labute approximate surface area is 230 Å². The predicted octanol–water partition coefficient (Wildman–Crippen LogP) is 4.49. The Morgan fingerprint density at radius 2 is 1.71 bits per heavy atom. The number of carbonyl (C=O) groups is 3. The summed E-state index contributed by atoms with van der Waals surface area (Å²) in [5.41, 5.74) is 1.91. The van der Waals surface area contributed by atoms with Gasteiger partial charge in [0.15, 0.2) is 0 Å². The van der Waals surface area contributed by atoms with Crippen molar-refractivity contribution in [3.05, 3.63) is 80.7 Å². The van der Waals surface area contributed by atoms with Crippen molar-refractivity contribution in [1.29, 1.82) is 0 Å². The third kappa shape index (κ3) is 5.95. The largest absolute Gasteiger partial charge is 0.463 e. The molecule has 2 aliphatic rings. The maximum Gasteiger partial charge on any atom is 0.338 e. The highest BCUT2D eigenvalue weighted by Crippen LogP contribution is 2.35. The van der Waals surface area contributed by atoms with Crippen LogP contribution in [0.4, 0.5) is 9.18 Å². The summed E-state index contributed by atoms with van der Waals surface area (Å²) >= 11 is 12.3. The zero-order chi connectivity index (χ0) is 27.4. The van der Waals surface area contributed by atoms with Crippen LogP contribution in [0.2, 0.25) is 10.0 Å². The molecule has 3 amide bonds. The minimum absolute atomic E-state index is 0.164. The Balaban J connectivity index is 1.60. The number of halogens is 3. The fourth-order valence-corrected chi connectivity index (χ4v) is 5.00. The first-order chi connectivity index (χ1) is 18.2. The van der Waals surface area contributed by atoms with Gasteiger partial charge in [-0.3, -0.25) is 14.6 Å². The van der Waals surface area contributed by atoms with Crippen molar-refractivity contribution in [2.75, 3.05) is 45.9 Å². The van der Waals surface area contributed by atoms with Crippen LogP contribution in [-0.4, -0.2) is 78.5 Å². The van der Waals surface area contributed by atoms with Gasteiger partial charge >= 0.3 is 12.0 Å². The molecule has 0 spiro atoms. The van der Waals surface area contributed by atoms with E-state index < -0.39 is 17.8 Å². The van der Waals surface area contributed by atoms with E-state index in [1.54, 1.807) is 30.0 Å². The van der Waals surface area contributed by atoms with Crippen molar-refractivity contribution >= 4 is 41.1 Å². The molecule has 0 unspecified atom stereocenters. The van der Waals surface area contributed by atoms with Crippen molar-refractivity contribution in [2.45, 2.75) is 19.9 Å². The molecule has 1 atom stereocenters. The van der Waals surface area contributed by atoms with E-state index in [9.17, 15) is 18.8 Å². The lowest BCUT2D eigenvalue weighted by Crippen LogP contribution is -2.53. The summed E-state index contributed by atoms with van der Waals surface area (Å²) in [6.45, 7) is 6.36. The lowest BCUT2D eigenvalue weighted by molar-refractivity contribution is -0.139. The van der Waals surface area contributed by atoms with Crippen LogP contribution in [0.1, 0.15) is 35.8 Å². The number of carbonyl (C=O) groups excluding carboxylic acids is 3. The molecule has 2 aromatic carbocycles. The van der Waals surface area contributed by atoms with Gasteiger partial charge in [-0.05, 0) is 55.8 Å². The van der Waals surface area contributed by atoms with Gasteiger partial charge in [-0.2, -0.15) is 0 Å². The van der Waals surface area contributed by atoms with Gasteiger partial charge in [0.2, 0.25) is 0 Å². The molecule has 1 N–H and O–H groups in total. The highest BCUT2D eigenvalue weighted by atomic mass is 35.5. The Hall–Kier alpha value is -3.14. The summed E-state index contributed by atoms with van der Waals surface area (Å²) in [4.78, 5) is 44.6. The molecular weight excluding hydrogens is 534 g/mol. The van der Waals surface area contributed by atoms with Gasteiger partial charge in [-0.25, -0.2) is 14.0 Å². The van der Waals surface area contributed by atoms with E-state index >= 15 is 0 Å². The number of ether oxygens (including phenoxy) is 1. The summed E-state index contributed by atoms with van der Waals surface area (Å²) in [6.07, 6.45) is 0. The Morgan fingerprint density at radius 3 is 2.32 bits per heavy atom. The number of urea groups is 1. The van der Waals surface area contributed by atoms with Gasteiger partial charge in [0, 0.05) is 50.5 Å². The number of amides is 3. The van der Waals surface area contributed by atoms with Crippen molar-refractivity contribution in [1.82, 2.24) is 20.0 Å². The molecule has 1 fully saturated rings. The van der Waals surface area contributed by atoms with E-state index in [2.05, 4.69) is 10.2 Å². The minimum atomic E-state index is -0.768. The standard InChI is InChI=1S/C27H29Cl2FN4O4/c1-3-34-22(16-32-11-13-33(14-12-32)25(35)17-5-8-19(30)9-6-17)23(26(36)38-4-2)24(31-27(34)37)18-7-10-20(28)21(29)15-18/h5-10,15,24H,3-4,11-14,16H2,1-2H3,(H,31,37)/t24-/m1/s1. The molecule has 1 saturated heterocycles. The minimum Gasteiger partial charge on any atom is -0.463 e. The number of rotatable bonds is 7. The van der Waals surface area contributed by atoms with Gasteiger partial charge in [-0.15, -0.1) is 0 Å². The Bertz CT molecular complexity index is 1250. The molecule has 8 nitrogen and oxygen atoms in total. The fraction of sp³-hybridized carbons (Fsp3) is 0.370. The number of benzene rings is 2. The number of nitrogens with one attached hydrogen (secondary N) is 1. The predicted molar refractivity (Wildman–Crippen MR) is 143 cm³/mol. The van der Waals surface area contributed by atoms with Crippen LogP contribution >= 0.6 is 23.2 Å². The molecule has 0 saturated carbocycles. The highest BCUT2D eigenvalue weighted by Gasteiger charge is 2.39. The van der Waals surface area contributed by atoms with Crippen LogP contribution in [0.25, 0.3) is 0 Å². The Kier molecular flexibility index (Phi) is 8.91. The average molecular weight is 563 g/mol. The van der Waals surface area contributed by atoms with Crippen molar-refractivity contribution < 1.29 is 23.5 Å². The quantitative estimate of drug-likeness (QED) is 0.502. The van der Waals surface area contributed by atoms with Gasteiger partial charge in [0.05, 0.1) is 28.3 Å². The van der Waals surface area contributed by atoms with Gasteiger partial charge in [-0.1, -0.05) is 29.3 Å². The van der Waals surface area contributed by atoms with Gasteiger partial charge in [0.1, 0.15) is 5.82 Å². The van der Waals surface area contributed by atoms with Crippen molar-refractivity contribution in [2.24, 2.45) is 0 Å². The second-order valence-electron chi connectivity index (χ2n) is 8.96. The molecule has 38 heavy (non-hydrogen) atoms. The number of piperazine rings is 1. The zero-order valence-corrected chi connectivity index (χ0v) is 22.7. The summed E-state index contributed by atoms with van der Waals surface area (Å²) in [7, 11) is 0. The molecule has 2 aliphatic heterocycles. The van der Waals surface area contributed by atoms with Crippen LogP contribution in [-0.2, 0) is 9.53 Å². The number of hydrogen-bond acceptors (Lipinski definition) is 5. The third-order valence-electron chi connectivity index (χ3n) is 6.65. The monoisotopic (exact) mass is 562 g/mol. The maximum absolute atomic E-state index is 13.3. The van der Waals surface area contributed by atoms with E-state index in [4.69, 9.17) is 27.9 Å². The highest BCUT2D eigenvalue weighted by molar-refractivity contribution is 6.42. The van der Waals surface area contributed by atoms with Gasteiger partial charge < -0.3 is 15.0 Å². The van der Waals surface area contributed by atoms with Crippen LogP contribution in [0.3, 0.4) is 0 Å². The smallest absolute Gasteiger partial charge is 0.338 e. The molecule has 0 radical (unpaired) electrons. The first-order valence-corrected chi connectivity index (χ1v) is 13.2. The first kappa shape index (κ1) is 27.9. The summed E-state index contributed by atoms with van der Waals surface area (Å²) < 4.78 is 18.7. The fourth-order valence-electron chi connectivity index (χ4n) is 4.70. The molecule has 202 valence electrons. The molecule has 2 heterocycles. The normalized spacial score (nSPS) is 18.4. The molecule has 11 heteroatoms. The first-order valence-electron chi connectivity index (χ1n) is 12.4. The summed E-state index contributed by atoms with van der Waals surface area (Å²) in [5, 5.41) is 3.58. The van der Waals surface area contributed by atoms with Crippen LogP contribution in [0.5, 0.6) is 0 Å². The average Bonchev–Trinajstić information content (AvgIpc) is 2.90. The van der Waals surface area contributed by atoms with E-state index in [-0.39, 0.29) is 18.5 Å². The van der Waals surface area contributed by atoms with Gasteiger partial charge in [0.25, 0.3) is 5.91 Å². The van der Waals surface area contributed by atoms with Crippen LogP contribution in [0.15, 0.2) is 53.7 Å². The molecule has 4 rings (SSSR count). The van der Waals surface area contributed by atoms with E-state index in [1.165, 1.54) is 29.2 Å². The molecular formula is C27H29Cl2FN4O4. The van der Waals surface area contributed by atoms with E-state index in [1.807, 2.05) is 6.92 Å². The van der Waals surface area contributed by atoms with E-state index in [0.29, 0.717) is 71.7 Å². The van der Waals surface area contributed by atoms with Crippen molar-refractivity contribution in [3.8, 4) is 0 Å². The number of nitrogens with zero attached hydrogens (tertiary/aromatic N) is 3. The molecule has 0 aromatic heterocycles. The van der Waals surface area contributed by atoms with Crippen LogP contribution < -0.4 is 5.32 Å². The second-order valence-corrected chi connectivity index (χ2v) is 9.77. The third-order valence-corrected chi connectivity index (χ3v) is 7.39. The summed E-state index contributed by atoms with van der Waals surface area (Å²) in [6, 6.07) is 9.36. The number of hydrogen-bond donors (Lipinski definition) is 1. The van der Waals surface area contributed by atoms with Crippen LogP contribution in [0, 0.1) is 5.82 Å². The molecule has 2 aromatic rings. The SMILES string of the molecule is CCOC(=O)C1=C(CN2CCN(C(=O)c3ccc(F)cc3)CC2)N(CC)C(=O)N[C@@H]1c1ccc(Cl)c(Cl)c1. The topological polar surface area (TPSA) is 82.2 Å². The number of esters is 1. The van der Waals surface area contributed by atoms with E-state index in [0.717, 1.165) is 0 Å². The number of likely N-dealkylation sites (N-methyl/N-ethyl adjacent to an activating group) is 1. The molecule has 0 bridgehead atoms. The second kappa shape index (κ2) is 12.1. The Morgan fingerprint density at radius 1 is 1.03 bits per heavy atom. The lowest BCUT2D eigenvalue weighted by Gasteiger charge is -2.40. The van der Waals surface area contributed by atoms with Crippen molar-refractivity contribution in [3.63, 3.8) is 0 Å². The lowest BCUT2D eigenvalue weighted by atomic mass is 9.94. The molecule has 0 aliphatic carbocycles.